The minimum atomic E-state index is -1.40. The molecule has 0 heterocycles. The fourth-order valence-corrected chi connectivity index (χ4v) is 1.42. The molecule has 0 radical (unpaired) electrons. The van der Waals surface area contributed by atoms with Crippen LogP contribution in [0.4, 0.5) is 8.78 Å². The van der Waals surface area contributed by atoms with Gasteiger partial charge < -0.3 is 10.4 Å². The zero-order chi connectivity index (χ0) is 14.6. The second-order valence-electron chi connectivity index (χ2n) is 3.85. The molecule has 2 N–H and O–H groups in total. The van der Waals surface area contributed by atoms with Crippen LogP contribution in [-0.4, -0.2) is 28.8 Å². The van der Waals surface area contributed by atoms with Crippen molar-refractivity contribution in [1.29, 1.82) is 0 Å². The standard InChI is InChI=1S/C12H11F2NO4/c1-6(16)15-10(12(18)19)5-11(17)7-2-3-8(13)9(14)4-7/h2-4,10H,5H2,1H3,(H,15,16)(H,18,19). The average Bonchev–Trinajstić information content (AvgIpc) is 2.31. The Balaban J connectivity index is 2.84. The first-order chi connectivity index (χ1) is 8.81. The Bertz CT molecular complexity index is 530. The average molecular weight is 271 g/mol. The summed E-state index contributed by atoms with van der Waals surface area (Å²) < 4.78 is 25.6. The molecule has 0 aliphatic rings. The molecule has 19 heavy (non-hydrogen) atoms. The lowest BCUT2D eigenvalue weighted by Crippen LogP contribution is -2.41. The third-order valence-electron chi connectivity index (χ3n) is 2.31. The summed E-state index contributed by atoms with van der Waals surface area (Å²) in [6, 6.07) is 1.10. The van der Waals surface area contributed by atoms with Gasteiger partial charge in [-0.2, -0.15) is 0 Å². The van der Waals surface area contributed by atoms with E-state index in [4.69, 9.17) is 5.11 Å². The highest BCUT2D eigenvalue weighted by molar-refractivity contribution is 5.99. The maximum Gasteiger partial charge on any atom is 0.326 e. The minimum absolute atomic E-state index is 0.157. The van der Waals surface area contributed by atoms with Crippen molar-refractivity contribution in [1.82, 2.24) is 5.32 Å². The van der Waals surface area contributed by atoms with E-state index in [9.17, 15) is 23.2 Å². The Kier molecular flexibility index (Phi) is 4.68. The van der Waals surface area contributed by atoms with Crippen LogP contribution in [0.2, 0.25) is 0 Å². The monoisotopic (exact) mass is 271 g/mol. The second-order valence-corrected chi connectivity index (χ2v) is 3.85. The van der Waals surface area contributed by atoms with Gasteiger partial charge in [0.1, 0.15) is 6.04 Å². The number of nitrogens with one attached hydrogen (secondary N) is 1. The third-order valence-corrected chi connectivity index (χ3v) is 2.31. The van der Waals surface area contributed by atoms with E-state index in [1.165, 1.54) is 0 Å². The molecule has 1 atom stereocenters. The molecule has 1 rings (SSSR count). The van der Waals surface area contributed by atoms with Gasteiger partial charge in [0.05, 0.1) is 0 Å². The number of carbonyl (C=O) groups excluding carboxylic acids is 2. The number of carboxylic acid groups (broad SMARTS) is 1. The number of benzene rings is 1. The van der Waals surface area contributed by atoms with Gasteiger partial charge >= 0.3 is 5.97 Å². The summed E-state index contributed by atoms with van der Waals surface area (Å²) in [7, 11) is 0. The van der Waals surface area contributed by atoms with Gasteiger partial charge in [0.2, 0.25) is 5.91 Å². The molecule has 0 saturated carbocycles. The SMILES string of the molecule is CC(=O)NC(CC(=O)c1ccc(F)c(F)c1)C(=O)O. The maximum absolute atomic E-state index is 12.9. The molecule has 1 amide bonds. The van der Waals surface area contributed by atoms with E-state index in [2.05, 4.69) is 5.32 Å². The number of hydrogen-bond acceptors (Lipinski definition) is 3. The van der Waals surface area contributed by atoms with Crippen LogP contribution < -0.4 is 5.32 Å². The molecule has 0 saturated heterocycles. The van der Waals surface area contributed by atoms with Gasteiger partial charge in [-0.05, 0) is 18.2 Å². The van der Waals surface area contributed by atoms with Gasteiger partial charge in [-0.15, -0.1) is 0 Å². The number of Topliss-reactive ketones (excluding diaryl/α,β-unsaturated/α-hetero) is 1. The molecule has 0 bridgehead atoms. The first kappa shape index (κ1) is 14.7. The van der Waals surface area contributed by atoms with Gasteiger partial charge in [0, 0.05) is 18.9 Å². The van der Waals surface area contributed by atoms with Crippen molar-refractivity contribution >= 4 is 17.7 Å². The summed E-state index contributed by atoms with van der Waals surface area (Å²) in [5, 5.41) is 10.9. The summed E-state index contributed by atoms with van der Waals surface area (Å²) in [5.41, 5.74) is -0.157. The normalized spacial score (nSPS) is 11.7. The molecule has 0 fully saturated rings. The van der Waals surface area contributed by atoms with Gasteiger partial charge in [-0.1, -0.05) is 0 Å². The molecule has 0 aromatic heterocycles. The Morgan fingerprint density at radius 1 is 1.26 bits per heavy atom. The number of aliphatic carboxylic acids is 1. The van der Waals surface area contributed by atoms with E-state index in [0.717, 1.165) is 19.1 Å². The molecule has 102 valence electrons. The Morgan fingerprint density at radius 3 is 2.37 bits per heavy atom. The van der Waals surface area contributed by atoms with Crippen molar-refractivity contribution in [3.05, 3.63) is 35.4 Å². The van der Waals surface area contributed by atoms with E-state index in [1.807, 2.05) is 0 Å². The highest BCUT2D eigenvalue weighted by atomic mass is 19.2. The van der Waals surface area contributed by atoms with Crippen LogP contribution in [0.3, 0.4) is 0 Å². The van der Waals surface area contributed by atoms with Gasteiger partial charge in [0.25, 0.3) is 0 Å². The fraction of sp³-hybridized carbons (Fsp3) is 0.250. The topological polar surface area (TPSA) is 83.5 Å². The molecule has 1 aromatic carbocycles. The summed E-state index contributed by atoms with van der Waals surface area (Å²) in [6.45, 7) is 1.11. The molecule has 5 nitrogen and oxygen atoms in total. The molecular formula is C12H11F2NO4. The summed E-state index contributed by atoms with van der Waals surface area (Å²) in [6.07, 6.45) is -0.542. The number of rotatable bonds is 5. The first-order valence-electron chi connectivity index (χ1n) is 5.29. The smallest absolute Gasteiger partial charge is 0.326 e. The third kappa shape index (κ3) is 4.13. The molecule has 0 aliphatic heterocycles. The Morgan fingerprint density at radius 2 is 1.89 bits per heavy atom. The van der Waals surface area contributed by atoms with Gasteiger partial charge in [-0.25, -0.2) is 13.6 Å². The van der Waals surface area contributed by atoms with E-state index in [1.54, 1.807) is 0 Å². The lowest BCUT2D eigenvalue weighted by molar-refractivity contribution is -0.141. The number of carbonyl (C=O) groups is 3. The Labute approximate surface area is 107 Å². The second kappa shape index (κ2) is 6.03. The van der Waals surface area contributed by atoms with Crippen molar-refractivity contribution in [3.8, 4) is 0 Å². The van der Waals surface area contributed by atoms with Crippen molar-refractivity contribution in [2.75, 3.05) is 0 Å². The van der Waals surface area contributed by atoms with Crippen molar-refractivity contribution in [3.63, 3.8) is 0 Å². The maximum atomic E-state index is 12.9. The largest absolute Gasteiger partial charge is 0.480 e. The van der Waals surface area contributed by atoms with E-state index in [0.29, 0.717) is 6.07 Å². The zero-order valence-electron chi connectivity index (χ0n) is 9.94. The molecule has 0 aliphatic carbocycles. The predicted octanol–water partition coefficient (Wildman–Crippen LogP) is 1.13. The molecule has 0 spiro atoms. The van der Waals surface area contributed by atoms with E-state index >= 15 is 0 Å². The summed E-state index contributed by atoms with van der Waals surface area (Å²) in [4.78, 5) is 33.3. The van der Waals surface area contributed by atoms with Gasteiger partial charge in [-0.3, -0.25) is 9.59 Å². The van der Waals surface area contributed by atoms with Crippen LogP contribution in [-0.2, 0) is 9.59 Å². The fourth-order valence-electron chi connectivity index (χ4n) is 1.42. The quantitative estimate of drug-likeness (QED) is 0.786. The summed E-state index contributed by atoms with van der Waals surface area (Å²) in [5.74, 6) is -5.00. The van der Waals surface area contributed by atoms with E-state index < -0.39 is 41.8 Å². The lowest BCUT2D eigenvalue weighted by Gasteiger charge is -2.12. The zero-order valence-corrected chi connectivity index (χ0v) is 9.94. The van der Waals surface area contributed by atoms with Crippen molar-refractivity contribution < 1.29 is 28.3 Å². The summed E-state index contributed by atoms with van der Waals surface area (Å²) >= 11 is 0. The molecule has 1 aromatic rings. The predicted molar refractivity (Wildman–Crippen MR) is 60.5 cm³/mol. The lowest BCUT2D eigenvalue weighted by atomic mass is 10.0. The van der Waals surface area contributed by atoms with Crippen LogP contribution in [0.1, 0.15) is 23.7 Å². The highest BCUT2D eigenvalue weighted by Crippen LogP contribution is 2.11. The molecule has 1 unspecified atom stereocenters. The number of halogens is 2. The molecular weight excluding hydrogens is 260 g/mol. The minimum Gasteiger partial charge on any atom is -0.480 e. The van der Waals surface area contributed by atoms with Crippen LogP contribution in [0, 0.1) is 11.6 Å². The Hall–Kier alpha value is -2.31. The van der Waals surface area contributed by atoms with Crippen LogP contribution in [0.15, 0.2) is 18.2 Å². The first-order valence-corrected chi connectivity index (χ1v) is 5.29. The van der Waals surface area contributed by atoms with Crippen LogP contribution in [0.5, 0.6) is 0 Å². The number of hydrogen-bond donors (Lipinski definition) is 2. The van der Waals surface area contributed by atoms with Crippen LogP contribution >= 0.6 is 0 Å². The van der Waals surface area contributed by atoms with Crippen molar-refractivity contribution in [2.45, 2.75) is 19.4 Å². The number of ketones is 1. The van der Waals surface area contributed by atoms with Crippen LogP contribution in [0.25, 0.3) is 0 Å². The number of carboxylic acids is 1. The highest BCUT2D eigenvalue weighted by Gasteiger charge is 2.23. The van der Waals surface area contributed by atoms with Gasteiger partial charge in [0.15, 0.2) is 17.4 Å². The van der Waals surface area contributed by atoms with E-state index in [-0.39, 0.29) is 5.56 Å². The number of amides is 1. The van der Waals surface area contributed by atoms with Crippen molar-refractivity contribution in [2.24, 2.45) is 0 Å². The molecule has 7 heteroatoms.